The fourth-order valence-electron chi connectivity index (χ4n) is 2.60. The lowest BCUT2D eigenvalue weighted by Crippen LogP contribution is -2.16. The van der Waals surface area contributed by atoms with Crippen LogP contribution >= 0.6 is 0 Å². The molecule has 2 rings (SSSR count). The van der Waals surface area contributed by atoms with Crippen molar-refractivity contribution in [2.45, 2.75) is 27.2 Å². The van der Waals surface area contributed by atoms with Crippen LogP contribution in [0.1, 0.15) is 27.2 Å². The van der Waals surface area contributed by atoms with Crippen molar-refractivity contribution in [2.75, 3.05) is 13.2 Å². The molecule has 0 aromatic heterocycles. The lowest BCUT2D eigenvalue weighted by molar-refractivity contribution is 0.128. The Morgan fingerprint density at radius 2 is 2.00 bits per heavy atom. The normalized spacial score (nSPS) is 51.6. The molecule has 0 spiro atoms. The molecule has 2 fully saturated rings. The van der Waals surface area contributed by atoms with E-state index in [0.717, 1.165) is 19.1 Å². The molecule has 1 saturated heterocycles. The number of hydrogen-bond acceptors (Lipinski definition) is 1. The highest BCUT2D eigenvalue weighted by Crippen LogP contribution is 2.70. The molecule has 1 saturated carbocycles. The summed E-state index contributed by atoms with van der Waals surface area (Å²) in [6, 6.07) is 0. The Hall–Kier alpha value is -0.0400. The van der Waals surface area contributed by atoms with Gasteiger partial charge in [-0.2, -0.15) is 0 Å². The van der Waals surface area contributed by atoms with Crippen molar-refractivity contribution < 1.29 is 4.74 Å². The molecule has 0 aromatic rings. The minimum atomic E-state index is 0.557. The van der Waals surface area contributed by atoms with Crippen molar-refractivity contribution in [1.82, 2.24) is 0 Å². The van der Waals surface area contributed by atoms with Crippen molar-refractivity contribution in [1.29, 1.82) is 0 Å². The van der Waals surface area contributed by atoms with Gasteiger partial charge in [0.05, 0.1) is 13.2 Å². The summed E-state index contributed by atoms with van der Waals surface area (Å²) in [7, 11) is 0. The monoisotopic (exact) mass is 140 g/mol. The Morgan fingerprint density at radius 1 is 1.30 bits per heavy atom. The molecule has 10 heavy (non-hydrogen) atoms. The van der Waals surface area contributed by atoms with E-state index in [9.17, 15) is 0 Å². The molecule has 58 valence electrons. The standard InChI is InChI=1S/C9H16O/c1-7(2)9-4-8(9,3)5-10-6-9/h7H,4-6H2,1-3H3/t8-,9+/m1/s1. The second kappa shape index (κ2) is 1.58. The minimum Gasteiger partial charge on any atom is -0.380 e. The van der Waals surface area contributed by atoms with Crippen molar-refractivity contribution in [3.05, 3.63) is 0 Å². The van der Waals surface area contributed by atoms with E-state index in [1.54, 1.807) is 0 Å². The lowest BCUT2D eigenvalue weighted by Gasteiger charge is -2.16. The number of hydrogen-bond donors (Lipinski definition) is 0. The van der Waals surface area contributed by atoms with Gasteiger partial charge >= 0.3 is 0 Å². The SMILES string of the molecule is CC(C)[C@]12COC[C@@]1(C)C2. The predicted octanol–water partition coefficient (Wildman–Crippen LogP) is 2.07. The fraction of sp³-hybridized carbons (Fsp3) is 1.00. The maximum atomic E-state index is 5.47. The quantitative estimate of drug-likeness (QED) is 0.541. The zero-order valence-electron chi connectivity index (χ0n) is 7.11. The summed E-state index contributed by atoms with van der Waals surface area (Å²) in [5.41, 5.74) is 1.13. The number of rotatable bonds is 1. The van der Waals surface area contributed by atoms with Gasteiger partial charge in [-0.15, -0.1) is 0 Å². The van der Waals surface area contributed by atoms with Crippen molar-refractivity contribution in [3.63, 3.8) is 0 Å². The van der Waals surface area contributed by atoms with Crippen LogP contribution < -0.4 is 0 Å². The topological polar surface area (TPSA) is 9.23 Å². The smallest absolute Gasteiger partial charge is 0.0531 e. The van der Waals surface area contributed by atoms with Gasteiger partial charge in [-0.25, -0.2) is 0 Å². The van der Waals surface area contributed by atoms with Crippen LogP contribution in [-0.4, -0.2) is 13.2 Å². The molecule has 0 N–H and O–H groups in total. The molecule has 2 aliphatic rings. The van der Waals surface area contributed by atoms with E-state index in [-0.39, 0.29) is 0 Å². The largest absolute Gasteiger partial charge is 0.380 e. The number of ether oxygens (including phenoxy) is 1. The second-order valence-corrected chi connectivity index (χ2v) is 4.54. The Kier molecular flexibility index (Phi) is 1.05. The lowest BCUT2D eigenvalue weighted by atomic mass is 9.87. The van der Waals surface area contributed by atoms with E-state index in [1.165, 1.54) is 6.42 Å². The van der Waals surface area contributed by atoms with E-state index in [4.69, 9.17) is 4.74 Å². The molecule has 1 heteroatoms. The van der Waals surface area contributed by atoms with Crippen molar-refractivity contribution in [2.24, 2.45) is 16.7 Å². The highest BCUT2D eigenvalue weighted by Gasteiger charge is 2.68. The van der Waals surface area contributed by atoms with E-state index in [0.29, 0.717) is 10.8 Å². The third-order valence-corrected chi connectivity index (χ3v) is 3.67. The fourth-order valence-corrected chi connectivity index (χ4v) is 2.60. The Bertz CT molecular complexity index is 160. The van der Waals surface area contributed by atoms with Crippen LogP contribution in [0.5, 0.6) is 0 Å². The zero-order valence-corrected chi connectivity index (χ0v) is 7.11. The van der Waals surface area contributed by atoms with Crippen LogP contribution in [0.25, 0.3) is 0 Å². The molecule has 1 heterocycles. The van der Waals surface area contributed by atoms with Gasteiger partial charge in [0.2, 0.25) is 0 Å². The average molecular weight is 140 g/mol. The molecule has 1 aliphatic carbocycles. The molecule has 1 aliphatic heterocycles. The van der Waals surface area contributed by atoms with Gasteiger partial charge in [0, 0.05) is 5.41 Å². The summed E-state index contributed by atoms with van der Waals surface area (Å²) >= 11 is 0. The minimum absolute atomic E-state index is 0.557. The van der Waals surface area contributed by atoms with Gasteiger partial charge in [0.25, 0.3) is 0 Å². The highest BCUT2D eigenvalue weighted by molar-refractivity contribution is 5.16. The maximum absolute atomic E-state index is 5.47. The Labute approximate surface area is 62.8 Å². The first kappa shape index (κ1) is 6.66. The second-order valence-electron chi connectivity index (χ2n) is 4.54. The average Bonchev–Trinajstić information content (AvgIpc) is 2.29. The van der Waals surface area contributed by atoms with Crippen LogP contribution in [0, 0.1) is 16.7 Å². The summed E-state index contributed by atoms with van der Waals surface area (Å²) < 4.78 is 5.47. The molecule has 0 aromatic carbocycles. The van der Waals surface area contributed by atoms with Crippen LogP contribution in [0.15, 0.2) is 0 Å². The molecule has 0 unspecified atom stereocenters. The first-order chi connectivity index (χ1) is 4.61. The molecular formula is C9H16O. The first-order valence-corrected chi connectivity index (χ1v) is 4.18. The third-order valence-electron chi connectivity index (χ3n) is 3.67. The van der Waals surface area contributed by atoms with Crippen LogP contribution in [0.3, 0.4) is 0 Å². The van der Waals surface area contributed by atoms with Crippen molar-refractivity contribution >= 4 is 0 Å². The molecule has 0 bridgehead atoms. The maximum Gasteiger partial charge on any atom is 0.0531 e. The molecular weight excluding hydrogens is 124 g/mol. The van der Waals surface area contributed by atoms with Crippen LogP contribution in [-0.2, 0) is 4.74 Å². The van der Waals surface area contributed by atoms with E-state index >= 15 is 0 Å². The molecule has 1 nitrogen and oxygen atoms in total. The summed E-state index contributed by atoms with van der Waals surface area (Å²) in [6.07, 6.45) is 1.40. The van der Waals surface area contributed by atoms with Gasteiger partial charge in [-0.3, -0.25) is 0 Å². The van der Waals surface area contributed by atoms with E-state index in [2.05, 4.69) is 20.8 Å². The summed E-state index contributed by atoms with van der Waals surface area (Å²) in [5, 5.41) is 0. The van der Waals surface area contributed by atoms with Gasteiger partial charge in [-0.05, 0) is 17.8 Å². The zero-order chi connectivity index (χ0) is 7.41. The summed E-state index contributed by atoms with van der Waals surface area (Å²) in [6.45, 7) is 9.02. The van der Waals surface area contributed by atoms with Crippen LogP contribution in [0.4, 0.5) is 0 Å². The third kappa shape index (κ3) is 0.531. The molecule has 0 amide bonds. The van der Waals surface area contributed by atoms with Crippen molar-refractivity contribution in [3.8, 4) is 0 Å². The van der Waals surface area contributed by atoms with E-state index in [1.807, 2.05) is 0 Å². The Balaban J connectivity index is 2.20. The van der Waals surface area contributed by atoms with Gasteiger partial charge in [0.15, 0.2) is 0 Å². The first-order valence-electron chi connectivity index (χ1n) is 4.18. The molecule has 2 atom stereocenters. The van der Waals surface area contributed by atoms with Gasteiger partial charge in [0.1, 0.15) is 0 Å². The van der Waals surface area contributed by atoms with E-state index < -0.39 is 0 Å². The van der Waals surface area contributed by atoms with Gasteiger partial charge < -0.3 is 4.74 Å². The van der Waals surface area contributed by atoms with Gasteiger partial charge in [-0.1, -0.05) is 20.8 Å². The number of fused-ring (bicyclic) bond motifs is 1. The summed E-state index contributed by atoms with van der Waals surface area (Å²) in [5.74, 6) is 0.806. The highest BCUT2D eigenvalue weighted by atomic mass is 16.5. The Morgan fingerprint density at radius 3 is 2.20 bits per heavy atom. The predicted molar refractivity (Wildman–Crippen MR) is 40.8 cm³/mol. The molecule has 0 radical (unpaired) electrons. The summed E-state index contributed by atoms with van der Waals surface area (Å²) in [4.78, 5) is 0. The van der Waals surface area contributed by atoms with Crippen LogP contribution in [0.2, 0.25) is 0 Å².